The summed E-state index contributed by atoms with van der Waals surface area (Å²) in [6, 6.07) is 0. The zero-order valence-electron chi connectivity index (χ0n) is 15.0. The first kappa shape index (κ1) is 15.7. The van der Waals surface area contributed by atoms with Crippen molar-refractivity contribution in [1.82, 2.24) is 0 Å². The quantitative estimate of drug-likeness (QED) is 0.503. The molecule has 7 atom stereocenters. The Labute approximate surface area is 141 Å². The molecule has 0 aliphatic heterocycles. The second-order valence-corrected chi connectivity index (χ2v) is 9.19. The van der Waals surface area contributed by atoms with Gasteiger partial charge in [-0.05, 0) is 85.9 Å². The Bertz CT molecular complexity index is 524. The van der Waals surface area contributed by atoms with E-state index in [1.807, 2.05) is 0 Å². The number of ether oxygens (including phenoxy) is 1. The van der Waals surface area contributed by atoms with Gasteiger partial charge in [-0.25, -0.2) is 0 Å². The van der Waals surface area contributed by atoms with Crippen molar-refractivity contribution >= 4 is 5.97 Å². The summed E-state index contributed by atoms with van der Waals surface area (Å²) in [6.45, 7) is 4.94. The molecule has 0 spiro atoms. The van der Waals surface area contributed by atoms with Gasteiger partial charge in [0.2, 0.25) is 0 Å². The first-order chi connectivity index (χ1) is 11.0. The number of methoxy groups -OCH3 is 1. The van der Waals surface area contributed by atoms with Crippen LogP contribution >= 0.6 is 0 Å². The molecule has 4 rings (SSSR count). The normalized spacial score (nSPS) is 51.5. The fraction of sp³-hybridized carbons (Fsp3) is 0.857. The lowest BCUT2D eigenvalue weighted by molar-refractivity contribution is -0.153. The van der Waals surface area contributed by atoms with E-state index in [1.54, 1.807) is 7.11 Å². The molecular formula is C21H32O2. The summed E-state index contributed by atoms with van der Waals surface area (Å²) in [4.78, 5) is 12.3. The van der Waals surface area contributed by atoms with Crippen molar-refractivity contribution in [3.05, 3.63) is 12.2 Å². The zero-order chi connectivity index (χ0) is 16.2. The molecule has 4 aliphatic carbocycles. The van der Waals surface area contributed by atoms with Crippen LogP contribution in [0.5, 0.6) is 0 Å². The minimum Gasteiger partial charge on any atom is -0.469 e. The summed E-state index contributed by atoms with van der Waals surface area (Å²) >= 11 is 0. The van der Waals surface area contributed by atoms with Crippen LogP contribution in [0.2, 0.25) is 0 Å². The predicted octanol–water partition coefficient (Wildman–Crippen LogP) is 4.98. The number of hydrogen-bond donors (Lipinski definition) is 0. The largest absolute Gasteiger partial charge is 0.469 e. The van der Waals surface area contributed by atoms with Crippen LogP contribution in [-0.2, 0) is 9.53 Å². The molecule has 0 aromatic heterocycles. The summed E-state index contributed by atoms with van der Waals surface area (Å²) in [6.07, 6.45) is 15.3. The monoisotopic (exact) mass is 316 g/mol. The van der Waals surface area contributed by atoms with Crippen molar-refractivity contribution < 1.29 is 9.53 Å². The number of fused-ring (bicyclic) bond motifs is 5. The number of hydrogen-bond acceptors (Lipinski definition) is 2. The van der Waals surface area contributed by atoms with Gasteiger partial charge in [0, 0.05) is 0 Å². The third kappa shape index (κ3) is 2.09. The minimum atomic E-state index is 0.0471. The number of esters is 1. The van der Waals surface area contributed by atoms with Gasteiger partial charge in [-0.3, -0.25) is 4.79 Å². The Hall–Kier alpha value is -0.790. The lowest BCUT2D eigenvalue weighted by Gasteiger charge is -2.59. The molecule has 23 heavy (non-hydrogen) atoms. The second-order valence-electron chi connectivity index (χ2n) is 9.19. The first-order valence-corrected chi connectivity index (χ1v) is 9.76. The molecule has 0 bridgehead atoms. The van der Waals surface area contributed by atoms with Crippen molar-refractivity contribution in [2.24, 2.45) is 40.4 Å². The second kappa shape index (κ2) is 5.36. The third-order valence-corrected chi connectivity index (χ3v) is 8.61. The Kier molecular flexibility index (Phi) is 3.66. The summed E-state index contributed by atoms with van der Waals surface area (Å²) in [5, 5.41) is 0. The van der Waals surface area contributed by atoms with Crippen LogP contribution in [0, 0.1) is 40.4 Å². The van der Waals surface area contributed by atoms with Gasteiger partial charge >= 0.3 is 5.97 Å². The van der Waals surface area contributed by atoms with E-state index < -0.39 is 0 Å². The standard InChI is InChI=1S/C21H32O2/c1-20-12-5-4-6-14(20)7-8-15-16-9-10-18(19(22)23-3)21(16,2)13-11-17(15)20/h5,12,14-18H,4,6-11,13H2,1-3H3/t14?,15-,16-,17-,18+,20-,21-/m0/s1. The van der Waals surface area contributed by atoms with Crippen molar-refractivity contribution in [2.75, 3.05) is 7.11 Å². The Morgan fingerprint density at radius 3 is 2.65 bits per heavy atom. The van der Waals surface area contributed by atoms with Gasteiger partial charge < -0.3 is 4.74 Å². The molecule has 0 heterocycles. The molecule has 0 aromatic carbocycles. The molecule has 2 nitrogen and oxygen atoms in total. The van der Waals surface area contributed by atoms with Crippen molar-refractivity contribution in [1.29, 1.82) is 0 Å². The maximum atomic E-state index is 12.3. The third-order valence-electron chi connectivity index (χ3n) is 8.61. The molecule has 3 fully saturated rings. The van der Waals surface area contributed by atoms with Crippen molar-refractivity contribution in [3.8, 4) is 0 Å². The number of carbonyl (C=O) groups is 1. The van der Waals surface area contributed by atoms with Crippen LogP contribution < -0.4 is 0 Å². The van der Waals surface area contributed by atoms with Gasteiger partial charge in [0.25, 0.3) is 0 Å². The fourth-order valence-corrected chi connectivity index (χ4v) is 7.35. The molecule has 0 amide bonds. The minimum absolute atomic E-state index is 0.0471. The lowest BCUT2D eigenvalue weighted by Crippen LogP contribution is -2.52. The van der Waals surface area contributed by atoms with E-state index >= 15 is 0 Å². The van der Waals surface area contributed by atoms with Crippen LogP contribution in [0.4, 0.5) is 0 Å². The molecule has 0 radical (unpaired) electrons. The zero-order valence-corrected chi connectivity index (χ0v) is 15.0. The van der Waals surface area contributed by atoms with E-state index in [2.05, 4.69) is 26.0 Å². The summed E-state index contributed by atoms with van der Waals surface area (Å²) in [5.74, 6) is 3.49. The van der Waals surface area contributed by atoms with Crippen LogP contribution in [-0.4, -0.2) is 13.1 Å². The summed E-state index contributed by atoms with van der Waals surface area (Å²) in [5.41, 5.74) is 0.613. The number of carbonyl (C=O) groups excluding carboxylic acids is 1. The van der Waals surface area contributed by atoms with Crippen LogP contribution in [0.15, 0.2) is 12.2 Å². The SMILES string of the molecule is COC(=O)[C@H]1CC[C@H]2[C@@H]3CCC4CCC=C[C@]4(C)[C@H]3CC[C@]12C. The van der Waals surface area contributed by atoms with E-state index in [0.717, 1.165) is 30.1 Å². The molecule has 0 aromatic rings. The number of rotatable bonds is 1. The highest BCUT2D eigenvalue weighted by molar-refractivity contribution is 5.73. The average molecular weight is 316 g/mol. The highest BCUT2D eigenvalue weighted by Gasteiger charge is 2.60. The van der Waals surface area contributed by atoms with Crippen LogP contribution in [0.1, 0.15) is 65.2 Å². The highest BCUT2D eigenvalue weighted by Crippen LogP contribution is 2.66. The Morgan fingerprint density at radius 2 is 1.87 bits per heavy atom. The Balaban J connectivity index is 1.64. The van der Waals surface area contributed by atoms with Gasteiger partial charge in [-0.1, -0.05) is 26.0 Å². The molecule has 0 N–H and O–H groups in total. The predicted molar refractivity (Wildman–Crippen MR) is 91.8 cm³/mol. The molecular weight excluding hydrogens is 284 g/mol. The fourth-order valence-electron chi connectivity index (χ4n) is 7.35. The molecule has 128 valence electrons. The van der Waals surface area contributed by atoms with E-state index in [4.69, 9.17) is 4.74 Å². The van der Waals surface area contributed by atoms with Crippen molar-refractivity contribution in [2.45, 2.75) is 65.2 Å². The van der Waals surface area contributed by atoms with Gasteiger partial charge in [0.15, 0.2) is 0 Å². The van der Waals surface area contributed by atoms with Gasteiger partial charge in [-0.15, -0.1) is 0 Å². The van der Waals surface area contributed by atoms with Gasteiger partial charge in [-0.2, -0.15) is 0 Å². The molecule has 3 saturated carbocycles. The maximum absolute atomic E-state index is 12.3. The maximum Gasteiger partial charge on any atom is 0.309 e. The molecule has 1 unspecified atom stereocenters. The van der Waals surface area contributed by atoms with E-state index in [1.165, 1.54) is 44.9 Å². The molecule has 0 saturated heterocycles. The number of allylic oxidation sites excluding steroid dienone is 2. The molecule has 4 aliphatic rings. The van der Waals surface area contributed by atoms with Crippen LogP contribution in [0.3, 0.4) is 0 Å². The van der Waals surface area contributed by atoms with Gasteiger partial charge in [0.1, 0.15) is 0 Å². The Morgan fingerprint density at radius 1 is 1.04 bits per heavy atom. The van der Waals surface area contributed by atoms with E-state index in [-0.39, 0.29) is 17.3 Å². The average Bonchev–Trinajstić information content (AvgIpc) is 2.91. The smallest absolute Gasteiger partial charge is 0.309 e. The van der Waals surface area contributed by atoms with Crippen LogP contribution in [0.25, 0.3) is 0 Å². The topological polar surface area (TPSA) is 26.3 Å². The first-order valence-electron chi connectivity index (χ1n) is 9.76. The lowest BCUT2D eigenvalue weighted by atomic mass is 9.46. The molecule has 2 heteroatoms. The summed E-state index contributed by atoms with van der Waals surface area (Å²) in [7, 11) is 1.56. The van der Waals surface area contributed by atoms with Gasteiger partial charge in [0.05, 0.1) is 13.0 Å². The summed E-state index contributed by atoms with van der Waals surface area (Å²) < 4.78 is 5.14. The van der Waals surface area contributed by atoms with E-state index in [0.29, 0.717) is 5.41 Å². The van der Waals surface area contributed by atoms with E-state index in [9.17, 15) is 4.79 Å². The highest BCUT2D eigenvalue weighted by atomic mass is 16.5. The van der Waals surface area contributed by atoms with Crippen molar-refractivity contribution in [3.63, 3.8) is 0 Å².